The smallest absolute Gasteiger partial charge is 0.329 e. The third-order valence-electron chi connectivity index (χ3n) is 3.19. The van der Waals surface area contributed by atoms with Gasteiger partial charge in [-0.05, 0) is 6.42 Å². The van der Waals surface area contributed by atoms with Gasteiger partial charge in [-0.1, -0.05) is 0 Å². The summed E-state index contributed by atoms with van der Waals surface area (Å²) in [5, 5.41) is 6.02. The van der Waals surface area contributed by atoms with Crippen molar-refractivity contribution in [3.63, 3.8) is 0 Å². The van der Waals surface area contributed by atoms with Crippen molar-refractivity contribution in [2.24, 2.45) is 0 Å². The maximum atomic E-state index is 12.1. The van der Waals surface area contributed by atoms with Gasteiger partial charge in [-0.25, -0.2) is 4.79 Å². The van der Waals surface area contributed by atoms with Crippen LogP contribution in [0.25, 0.3) is 0 Å². The standard InChI is InChI=1S/C10H14N4O2/c15-9-8-7-6-11-3-5-13(7)10(16)14(8)4-1-2-12-9/h11H,1-6H2,(H,12,15). The Kier molecular flexibility index (Phi) is 2.10. The average Bonchev–Trinajstić information content (AvgIpc) is 2.46. The van der Waals surface area contributed by atoms with Crippen molar-refractivity contribution >= 4 is 5.91 Å². The number of nitrogens with zero attached hydrogens (tertiary/aromatic N) is 2. The Morgan fingerprint density at radius 3 is 2.81 bits per heavy atom. The van der Waals surface area contributed by atoms with Crippen molar-refractivity contribution in [2.45, 2.75) is 26.1 Å². The van der Waals surface area contributed by atoms with E-state index >= 15 is 0 Å². The lowest BCUT2D eigenvalue weighted by Crippen LogP contribution is -2.34. The Balaban J connectivity index is 2.24. The molecule has 0 fully saturated rings. The summed E-state index contributed by atoms with van der Waals surface area (Å²) in [6, 6.07) is 0. The topological polar surface area (TPSA) is 68.1 Å². The summed E-state index contributed by atoms with van der Waals surface area (Å²) >= 11 is 0. The van der Waals surface area contributed by atoms with Crippen LogP contribution < -0.4 is 16.3 Å². The van der Waals surface area contributed by atoms with Gasteiger partial charge in [-0.3, -0.25) is 13.9 Å². The molecule has 0 atom stereocenters. The number of fused-ring (bicyclic) bond motifs is 3. The molecule has 1 amide bonds. The highest BCUT2D eigenvalue weighted by Gasteiger charge is 2.27. The number of carbonyl (C=O) groups excluding carboxylic acids is 1. The molecule has 3 rings (SSSR count). The first-order valence-corrected chi connectivity index (χ1v) is 5.60. The fraction of sp³-hybridized carbons (Fsp3) is 0.600. The minimum absolute atomic E-state index is 0.0384. The molecule has 16 heavy (non-hydrogen) atoms. The highest BCUT2D eigenvalue weighted by Crippen LogP contribution is 2.13. The monoisotopic (exact) mass is 222 g/mol. The number of hydrogen-bond acceptors (Lipinski definition) is 3. The fourth-order valence-corrected chi connectivity index (χ4v) is 2.43. The third kappa shape index (κ3) is 1.23. The molecule has 1 aromatic rings. The summed E-state index contributed by atoms with van der Waals surface area (Å²) in [4.78, 5) is 24.0. The SMILES string of the molecule is O=C1NCCCn2c1c1n(c2=O)CCNC1. The molecule has 0 bridgehead atoms. The summed E-state index contributed by atoms with van der Waals surface area (Å²) in [6.45, 7) is 3.32. The zero-order chi connectivity index (χ0) is 11.1. The van der Waals surface area contributed by atoms with Crippen LogP contribution in [0.2, 0.25) is 0 Å². The average molecular weight is 222 g/mol. The van der Waals surface area contributed by atoms with E-state index in [0.717, 1.165) is 18.7 Å². The zero-order valence-corrected chi connectivity index (χ0v) is 8.95. The molecule has 3 heterocycles. The molecule has 2 aliphatic rings. The molecular formula is C10H14N4O2. The molecule has 0 radical (unpaired) electrons. The first kappa shape index (κ1) is 9.65. The van der Waals surface area contributed by atoms with Crippen LogP contribution in [0.15, 0.2) is 4.79 Å². The summed E-state index contributed by atoms with van der Waals surface area (Å²) in [5.41, 5.74) is 1.34. The number of rotatable bonds is 0. The van der Waals surface area contributed by atoms with Gasteiger partial charge >= 0.3 is 5.69 Å². The van der Waals surface area contributed by atoms with Gasteiger partial charge in [0.2, 0.25) is 0 Å². The minimum Gasteiger partial charge on any atom is -0.351 e. The van der Waals surface area contributed by atoms with Gasteiger partial charge in [0.25, 0.3) is 5.91 Å². The lowest BCUT2D eigenvalue weighted by molar-refractivity contribution is 0.0949. The largest absolute Gasteiger partial charge is 0.351 e. The predicted octanol–water partition coefficient (Wildman–Crippen LogP) is -1.11. The van der Waals surface area contributed by atoms with Gasteiger partial charge in [0.05, 0.1) is 5.69 Å². The highest BCUT2D eigenvalue weighted by atomic mass is 16.2. The lowest BCUT2D eigenvalue weighted by atomic mass is 10.2. The van der Waals surface area contributed by atoms with Crippen LogP contribution in [-0.2, 0) is 19.6 Å². The molecule has 86 valence electrons. The van der Waals surface area contributed by atoms with Crippen LogP contribution in [0.4, 0.5) is 0 Å². The second kappa shape index (κ2) is 3.48. The maximum Gasteiger partial charge on any atom is 0.329 e. The van der Waals surface area contributed by atoms with E-state index in [9.17, 15) is 9.59 Å². The molecule has 0 aliphatic carbocycles. The fourth-order valence-electron chi connectivity index (χ4n) is 2.43. The lowest BCUT2D eigenvalue weighted by Gasteiger charge is -2.15. The van der Waals surface area contributed by atoms with Crippen LogP contribution in [0.1, 0.15) is 22.6 Å². The Morgan fingerprint density at radius 2 is 1.94 bits per heavy atom. The Labute approximate surface area is 92.2 Å². The van der Waals surface area contributed by atoms with Crippen LogP contribution in [0.5, 0.6) is 0 Å². The highest BCUT2D eigenvalue weighted by molar-refractivity contribution is 5.94. The van der Waals surface area contributed by atoms with Gasteiger partial charge < -0.3 is 10.6 Å². The van der Waals surface area contributed by atoms with Gasteiger partial charge in [-0.15, -0.1) is 0 Å². The number of nitrogens with one attached hydrogen (secondary N) is 2. The second-order valence-electron chi connectivity index (χ2n) is 4.17. The summed E-state index contributed by atoms with van der Waals surface area (Å²) in [7, 11) is 0. The summed E-state index contributed by atoms with van der Waals surface area (Å²) < 4.78 is 3.33. The number of carbonyl (C=O) groups is 1. The van der Waals surface area contributed by atoms with E-state index in [4.69, 9.17) is 0 Å². The van der Waals surface area contributed by atoms with Crippen molar-refractivity contribution < 1.29 is 4.79 Å². The number of amides is 1. The van der Waals surface area contributed by atoms with Crippen LogP contribution >= 0.6 is 0 Å². The summed E-state index contributed by atoms with van der Waals surface area (Å²) in [6.07, 6.45) is 0.815. The van der Waals surface area contributed by atoms with E-state index in [0.29, 0.717) is 31.9 Å². The molecule has 0 saturated heterocycles. The molecule has 1 aromatic heterocycles. The van der Waals surface area contributed by atoms with E-state index in [1.54, 1.807) is 9.13 Å². The molecule has 0 aromatic carbocycles. The van der Waals surface area contributed by atoms with Gasteiger partial charge in [0, 0.05) is 32.7 Å². The number of imidazole rings is 1. The molecule has 0 saturated carbocycles. The normalized spacial score (nSPS) is 19.6. The molecule has 6 nitrogen and oxygen atoms in total. The quantitative estimate of drug-likeness (QED) is 0.584. The Bertz CT molecular complexity index is 500. The van der Waals surface area contributed by atoms with Crippen molar-refractivity contribution in [1.82, 2.24) is 19.8 Å². The van der Waals surface area contributed by atoms with Crippen molar-refractivity contribution in [2.75, 3.05) is 13.1 Å². The van der Waals surface area contributed by atoms with Crippen molar-refractivity contribution in [3.8, 4) is 0 Å². The van der Waals surface area contributed by atoms with E-state index < -0.39 is 0 Å². The van der Waals surface area contributed by atoms with E-state index in [2.05, 4.69) is 10.6 Å². The van der Waals surface area contributed by atoms with E-state index in [1.807, 2.05) is 0 Å². The first-order chi connectivity index (χ1) is 7.79. The number of aromatic nitrogens is 2. The minimum atomic E-state index is -0.118. The Hall–Kier alpha value is -1.56. The van der Waals surface area contributed by atoms with E-state index in [-0.39, 0.29) is 11.6 Å². The van der Waals surface area contributed by atoms with Gasteiger partial charge in [-0.2, -0.15) is 0 Å². The van der Waals surface area contributed by atoms with Crippen molar-refractivity contribution in [1.29, 1.82) is 0 Å². The second-order valence-corrected chi connectivity index (χ2v) is 4.17. The van der Waals surface area contributed by atoms with Gasteiger partial charge in [0.15, 0.2) is 0 Å². The van der Waals surface area contributed by atoms with Crippen LogP contribution in [0, 0.1) is 0 Å². The zero-order valence-electron chi connectivity index (χ0n) is 8.95. The van der Waals surface area contributed by atoms with Crippen molar-refractivity contribution in [3.05, 3.63) is 21.9 Å². The molecule has 2 N–H and O–H groups in total. The Morgan fingerprint density at radius 1 is 1.06 bits per heavy atom. The first-order valence-electron chi connectivity index (χ1n) is 5.60. The molecule has 6 heteroatoms. The molecular weight excluding hydrogens is 208 g/mol. The predicted molar refractivity (Wildman–Crippen MR) is 57.3 cm³/mol. The van der Waals surface area contributed by atoms with Gasteiger partial charge in [0.1, 0.15) is 5.69 Å². The summed E-state index contributed by atoms with van der Waals surface area (Å²) in [5.74, 6) is -0.118. The third-order valence-corrected chi connectivity index (χ3v) is 3.19. The maximum absolute atomic E-state index is 12.1. The van der Waals surface area contributed by atoms with Crippen LogP contribution in [0.3, 0.4) is 0 Å². The van der Waals surface area contributed by atoms with E-state index in [1.165, 1.54) is 0 Å². The molecule has 0 unspecified atom stereocenters. The van der Waals surface area contributed by atoms with Crippen LogP contribution in [-0.4, -0.2) is 28.1 Å². The molecule has 2 aliphatic heterocycles. The molecule has 0 spiro atoms. The number of hydrogen-bond donors (Lipinski definition) is 2.